The number of carbonyl (C=O) groups is 1. The van der Waals surface area contributed by atoms with E-state index in [1.165, 1.54) is 0 Å². The van der Waals surface area contributed by atoms with Crippen molar-refractivity contribution in [2.75, 3.05) is 0 Å². The second-order valence-electron chi connectivity index (χ2n) is 3.18. The lowest BCUT2D eigenvalue weighted by Gasteiger charge is -2.17. The summed E-state index contributed by atoms with van der Waals surface area (Å²) in [5.41, 5.74) is 1.82. The van der Waals surface area contributed by atoms with Crippen molar-refractivity contribution < 1.29 is 9.90 Å². The molecule has 0 aliphatic rings. The molecule has 1 aromatic rings. The van der Waals surface area contributed by atoms with Crippen LogP contribution in [0.2, 0.25) is 0 Å². The van der Waals surface area contributed by atoms with E-state index in [2.05, 4.69) is 15.9 Å². The van der Waals surface area contributed by atoms with E-state index in [0.29, 0.717) is 0 Å². The Balaban J connectivity index is 3.14. The van der Waals surface area contributed by atoms with E-state index in [0.717, 1.165) is 11.1 Å². The summed E-state index contributed by atoms with van der Waals surface area (Å²) in [7, 11) is 0. The third kappa shape index (κ3) is 2.10. The van der Waals surface area contributed by atoms with Crippen LogP contribution in [0, 0.1) is 6.92 Å². The van der Waals surface area contributed by atoms with Crippen molar-refractivity contribution in [2.45, 2.75) is 18.2 Å². The molecule has 3 heteroatoms. The van der Waals surface area contributed by atoms with Crippen molar-refractivity contribution in [1.29, 1.82) is 0 Å². The maximum absolute atomic E-state index is 10.9. The highest BCUT2D eigenvalue weighted by Gasteiger charge is 2.31. The van der Waals surface area contributed by atoms with Crippen molar-refractivity contribution in [1.82, 2.24) is 0 Å². The van der Waals surface area contributed by atoms with Gasteiger partial charge in [-0.1, -0.05) is 45.8 Å². The van der Waals surface area contributed by atoms with Crippen molar-refractivity contribution in [3.05, 3.63) is 35.4 Å². The fraction of sp³-hybridized carbons (Fsp3) is 0.300. The van der Waals surface area contributed by atoms with Gasteiger partial charge in [0.1, 0.15) is 4.32 Å². The molecule has 0 bridgehead atoms. The highest BCUT2D eigenvalue weighted by atomic mass is 79.9. The zero-order valence-corrected chi connectivity index (χ0v) is 9.13. The Kier molecular flexibility index (Phi) is 2.76. The Morgan fingerprint density at radius 3 is 2.62 bits per heavy atom. The van der Waals surface area contributed by atoms with Crippen LogP contribution in [-0.2, 0) is 9.12 Å². The lowest BCUT2D eigenvalue weighted by atomic mass is 9.99. The van der Waals surface area contributed by atoms with Crippen molar-refractivity contribution >= 4 is 21.9 Å². The molecule has 0 aliphatic carbocycles. The van der Waals surface area contributed by atoms with Crippen molar-refractivity contribution in [3.63, 3.8) is 0 Å². The largest absolute Gasteiger partial charge is 0.480 e. The average Bonchev–Trinajstić information content (AvgIpc) is 2.04. The van der Waals surface area contributed by atoms with E-state index in [9.17, 15) is 4.79 Å². The third-order valence-electron chi connectivity index (χ3n) is 1.96. The third-order valence-corrected chi connectivity index (χ3v) is 2.76. The first-order chi connectivity index (χ1) is 5.94. The fourth-order valence-corrected chi connectivity index (χ4v) is 1.31. The van der Waals surface area contributed by atoms with E-state index >= 15 is 0 Å². The molecular formula is C10H11BrO2. The van der Waals surface area contributed by atoms with Crippen molar-refractivity contribution in [3.8, 4) is 0 Å². The van der Waals surface area contributed by atoms with Gasteiger partial charge in [0.15, 0.2) is 0 Å². The second-order valence-corrected chi connectivity index (χ2v) is 4.76. The zero-order chi connectivity index (χ0) is 10.1. The number of aliphatic carboxylic acids is 1. The standard InChI is InChI=1S/C10H11BrO2/c1-7-4-3-5-8(6-7)10(2,11)9(12)13/h3-6H,1-2H3,(H,12,13). The molecule has 0 saturated carbocycles. The lowest BCUT2D eigenvalue weighted by Crippen LogP contribution is -2.24. The minimum absolute atomic E-state index is 0.764. The quantitative estimate of drug-likeness (QED) is 0.811. The Morgan fingerprint density at radius 2 is 2.15 bits per heavy atom. The number of alkyl halides is 1. The van der Waals surface area contributed by atoms with Crippen molar-refractivity contribution in [2.24, 2.45) is 0 Å². The van der Waals surface area contributed by atoms with Gasteiger partial charge in [0.25, 0.3) is 0 Å². The minimum atomic E-state index is -0.987. The van der Waals surface area contributed by atoms with Crippen LogP contribution in [0.3, 0.4) is 0 Å². The summed E-state index contributed by atoms with van der Waals surface area (Å²) >= 11 is 3.19. The molecule has 0 aromatic heterocycles. The first-order valence-corrected chi connectivity index (χ1v) is 4.73. The number of carboxylic acid groups (broad SMARTS) is 1. The Bertz CT molecular complexity index is 331. The van der Waals surface area contributed by atoms with Crippen LogP contribution in [0.4, 0.5) is 0 Å². The van der Waals surface area contributed by atoms with E-state index in [4.69, 9.17) is 5.11 Å². The van der Waals surface area contributed by atoms with Crippen LogP contribution in [-0.4, -0.2) is 11.1 Å². The maximum Gasteiger partial charge on any atom is 0.324 e. The van der Waals surface area contributed by atoms with Gasteiger partial charge in [-0.05, 0) is 19.4 Å². The number of aryl methyl sites for hydroxylation is 1. The highest BCUT2D eigenvalue weighted by molar-refractivity contribution is 9.10. The average molecular weight is 243 g/mol. The molecule has 1 N–H and O–H groups in total. The summed E-state index contributed by atoms with van der Waals surface area (Å²) in [5, 5.41) is 8.94. The first-order valence-electron chi connectivity index (χ1n) is 3.94. The van der Waals surface area contributed by atoms with Crippen LogP contribution in [0.15, 0.2) is 24.3 Å². The van der Waals surface area contributed by atoms with Gasteiger partial charge in [-0.3, -0.25) is 4.79 Å². The topological polar surface area (TPSA) is 37.3 Å². The minimum Gasteiger partial charge on any atom is -0.480 e. The number of benzene rings is 1. The number of carboxylic acids is 1. The number of hydrogen-bond acceptors (Lipinski definition) is 1. The van der Waals surface area contributed by atoms with Crippen LogP contribution >= 0.6 is 15.9 Å². The molecule has 13 heavy (non-hydrogen) atoms. The van der Waals surface area contributed by atoms with Gasteiger partial charge in [0.05, 0.1) is 0 Å². The second kappa shape index (κ2) is 3.50. The molecule has 1 unspecified atom stereocenters. The summed E-state index contributed by atoms with van der Waals surface area (Å²) in [5.74, 6) is -0.877. The predicted molar refractivity (Wildman–Crippen MR) is 55.1 cm³/mol. The molecule has 0 radical (unpaired) electrons. The van der Waals surface area contributed by atoms with Crippen LogP contribution in [0.25, 0.3) is 0 Å². The molecule has 2 nitrogen and oxygen atoms in total. The maximum atomic E-state index is 10.9. The van der Waals surface area contributed by atoms with Gasteiger partial charge in [-0.2, -0.15) is 0 Å². The molecule has 1 atom stereocenters. The Morgan fingerprint density at radius 1 is 1.54 bits per heavy atom. The van der Waals surface area contributed by atoms with Crippen LogP contribution in [0.5, 0.6) is 0 Å². The van der Waals surface area contributed by atoms with Gasteiger partial charge < -0.3 is 5.11 Å². The smallest absolute Gasteiger partial charge is 0.324 e. The molecule has 0 spiro atoms. The van der Waals surface area contributed by atoms with E-state index in [1.54, 1.807) is 13.0 Å². The van der Waals surface area contributed by atoms with E-state index < -0.39 is 10.3 Å². The molecular weight excluding hydrogens is 232 g/mol. The lowest BCUT2D eigenvalue weighted by molar-refractivity contribution is -0.139. The van der Waals surface area contributed by atoms with E-state index in [1.807, 2.05) is 25.1 Å². The normalized spacial score (nSPS) is 15.0. The first kappa shape index (κ1) is 10.3. The van der Waals surface area contributed by atoms with Crippen LogP contribution in [0.1, 0.15) is 18.1 Å². The van der Waals surface area contributed by atoms with E-state index in [-0.39, 0.29) is 0 Å². The number of hydrogen-bond donors (Lipinski definition) is 1. The summed E-state index contributed by atoms with van der Waals surface area (Å²) in [6.07, 6.45) is 0. The molecule has 0 aliphatic heterocycles. The van der Waals surface area contributed by atoms with Crippen LogP contribution < -0.4 is 0 Å². The Hall–Kier alpha value is -0.830. The highest BCUT2D eigenvalue weighted by Crippen LogP contribution is 2.31. The fourth-order valence-electron chi connectivity index (χ4n) is 1.06. The number of rotatable bonds is 2. The summed E-state index contributed by atoms with van der Waals surface area (Å²) in [6.45, 7) is 3.57. The van der Waals surface area contributed by atoms with Gasteiger partial charge in [-0.25, -0.2) is 0 Å². The Labute approximate surface area is 85.7 Å². The molecule has 0 fully saturated rings. The summed E-state index contributed by atoms with van der Waals surface area (Å²) in [4.78, 5) is 10.9. The van der Waals surface area contributed by atoms with Gasteiger partial charge >= 0.3 is 5.97 Å². The molecule has 0 saturated heterocycles. The monoisotopic (exact) mass is 242 g/mol. The molecule has 1 aromatic carbocycles. The molecule has 70 valence electrons. The van der Waals surface area contributed by atoms with Gasteiger partial charge in [0.2, 0.25) is 0 Å². The molecule has 0 heterocycles. The summed E-state index contributed by atoms with van der Waals surface area (Å²) < 4.78 is -0.987. The number of halogens is 1. The summed E-state index contributed by atoms with van der Waals surface area (Å²) in [6, 6.07) is 7.46. The SMILES string of the molecule is Cc1cccc(C(C)(Br)C(=O)O)c1. The molecule has 0 amide bonds. The molecule has 1 rings (SSSR count). The zero-order valence-electron chi connectivity index (χ0n) is 7.54. The predicted octanol–water partition coefficient (Wildman–Crippen LogP) is 2.69. The van der Waals surface area contributed by atoms with Gasteiger partial charge in [0, 0.05) is 0 Å². The van der Waals surface area contributed by atoms with Gasteiger partial charge in [-0.15, -0.1) is 0 Å².